The molecule has 1 rings (SSSR count). The molecule has 5 nitrogen and oxygen atoms in total. The number of nitrogens with zero attached hydrogens (tertiary/aromatic N) is 2. The van der Waals surface area contributed by atoms with Crippen molar-refractivity contribution in [1.29, 1.82) is 0 Å². The standard InChI is InChI=1S/C11H20N2O3S/c1-5-17(15,16)7-6-13-11(14)10(8(2)3)9(4)12-13/h8,10H,5-7H2,1-4H3. The topological polar surface area (TPSA) is 66.8 Å². The van der Waals surface area contributed by atoms with E-state index >= 15 is 0 Å². The molecule has 0 aromatic heterocycles. The fourth-order valence-corrected chi connectivity index (χ4v) is 2.68. The number of amides is 1. The predicted octanol–water partition coefficient (Wildman–Crippen LogP) is 0.911. The summed E-state index contributed by atoms with van der Waals surface area (Å²) in [6.45, 7) is 7.51. The maximum absolute atomic E-state index is 12.0. The van der Waals surface area contributed by atoms with Crippen molar-refractivity contribution in [1.82, 2.24) is 5.01 Å². The second-order valence-electron chi connectivity index (χ2n) is 4.66. The van der Waals surface area contributed by atoms with E-state index < -0.39 is 9.84 Å². The second kappa shape index (κ2) is 5.16. The Balaban J connectivity index is 2.68. The van der Waals surface area contributed by atoms with Crippen molar-refractivity contribution >= 4 is 21.5 Å². The van der Waals surface area contributed by atoms with Crippen LogP contribution in [0.15, 0.2) is 5.10 Å². The smallest absolute Gasteiger partial charge is 0.251 e. The minimum absolute atomic E-state index is 0.0170. The molecular formula is C11H20N2O3S. The Labute approximate surface area is 103 Å². The van der Waals surface area contributed by atoms with E-state index in [0.29, 0.717) is 0 Å². The van der Waals surface area contributed by atoms with Gasteiger partial charge in [-0.2, -0.15) is 5.10 Å². The summed E-state index contributed by atoms with van der Waals surface area (Å²) in [6.07, 6.45) is 0. The molecule has 0 aromatic rings. The summed E-state index contributed by atoms with van der Waals surface area (Å²) in [5, 5.41) is 5.44. The van der Waals surface area contributed by atoms with E-state index in [2.05, 4.69) is 5.10 Å². The Bertz CT molecular complexity index is 426. The molecule has 0 aromatic carbocycles. The van der Waals surface area contributed by atoms with Gasteiger partial charge in [0.05, 0.1) is 18.2 Å². The van der Waals surface area contributed by atoms with Crippen LogP contribution in [0.2, 0.25) is 0 Å². The van der Waals surface area contributed by atoms with Gasteiger partial charge in [-0.15, -0.1) is 0 Å². The first-order valence-corrected chi connectivity index (χ1v) is 7.67. The van der Waals surface area contributed by atoms with Crippen molar-refractivity contribution in [3.05, 3.63) is 0 Å². The first-order chi connectivity index (χ1) is 7.78. The van der Waals surface area contributed by atoms with Crippen molar-refractivity contribution in [3.8, 4) is 0 Å². The highest BCUT2D eigenvalue weighted by Gasteiger charge is 2.35. The van der Waals surface area contributed by atoms with Crippen LogP contribution in [-0.2, 0) is 14.6 Å². The predicted molar refractivity (Wildman–Crippen MR) is 67.5 cm³/mol. The summed E-state index contributed by atoms with van der Waals surface area (Å²) >= 11 is 0. The van der Waals surface area contributed by atoms with Crippen LogP contribution in [0.5, 0.6) is 0 Å². The third-order valence-electron chi connectivity index (χ3n) is 2.97. The number of hydrogen-bond acceptors (Lipinski definition) is 4. The number of hydrogen-bond donors (Lipinski definition) is 0. The minimum atomic E-state index is -3.05. The SMILES string of the molecule is CCS(=O)(=O)CCN1N=C(C)C(C(C)C)C1=O. The zero-order valence-electron chi connectivity index (χ0n) is 10.8. The number of rotatable bonds is 5. The van der Waals surface area contributed by atoms with Crippen molar-refractivity contribution in [2.75, 3.05) is 18.1 Å². The molecule has 0 N–H and O–H groups in total. The molecule has 0 radical (unpaired) electrons. The Kier molecular flexibility index (Phi) is 4.30. The molecule has 1 aliphatic rings. The van der Waals surface area contributed by atoms with E-state index in [4.69, 9.17) is 0 Å². The van der Waals surface area contributed by atoms with Gasteiger partial charge in [0.1, 0.15) is 0 Å². The quantitative estimate of drug-likeness (QED) is 0.738. The van der Waals surface area contributed by atoms with E-state index in [0.717, 1.165) is 5.71 Å². The lowest BCUT2D eigenvalue weighted by molar-refractivity contribution is -0.132. The normalized spacial score (nSPS) is 21.2. The second-order valence-corrected chi connectivity index (χ2v) is 7.13. The van der Waals surface area contributed by atoms with Crippen LogP contribution in [0.3, 0.4) is 0 Å². The van der Waals surface area contributed by atoms with Gasteiger partial charge in [0.25, 0.3) is 5.91 Å². The maximum Gasteiger partial charge on any atom is 0.251 e. The van der Waals surface area contributed by atoms with Gasteiger partial charge in [0.2, 0.25) is 0 Å². The van der Waals surface area contributed by atoms with E-state index in [1.807, 2.05) is 20.8 Å². The van der Waals surface area contributed by atoms with Gasteiger partial charge in [0.15, 0.2) is 9.84 Å². The summed E-state index contributed by atoms with van der Waals surface area (Å²) in [4.78, 5) is 12.0. The number of carbonyl (C=O) groups is 1. The minimum Gasteiger partial charge on any atom is -0.272 e. The zero-order chi connectivity index (χ0) is 13.2. The highest BCUT2D eigenvalue weighted by atomic mass is 32.2. The van der Waals surface area contributed by atoms with Gasteiger partial charge in [-0.05, 0) is 12.8 Å². The summed E-state index contributed by atoms with van der Waals surface area (Å²) in [6, 6.07) is 0. The fourth-order valence-electron chi connectivity index (χ4n) is 1.94. The molecule has 1 atom stereocenters. The van der Waals surface area contributed by atoms with E-state index in [-0.39, 0.29) is 35.8 Å². The van der Waals surface area contributed by atoms with Crippen LogP contribution >= 0.6 is 0 Å². The molecule has 17 heavy (non-hydrogen) atoms. The molecule has 0 saturated heterocycles. The third kappa shape index (κ3) is 3.28. The molecule has 6 heteroatoms. The molecule has 0 aliphatic carbocycles. The lowest BCUT2D eigenvalue weighted by atomic mass is 9.92. The summed E-state index contributed by atoms with van der Waals surface area (Å²) in [5.74, 6) is 0.00416. The van der Waals surface area contributed by atoms with Crippen LogP contribution in [0.25, 0.3) is 0 Å². The van der Waals surface area contributed by atoms with Crippen molar-refractivity contribution < 1.29 is 13.2 Å². The molecule has 0 fully saturated rings. The van der Waals surface area contributed by atoms with Gasteiger partial charge < -0.3 is 0 Å². The van der Waals surface area contributed by atoms with Gasteiger partial charge in [-0.3, -0.25) is 4.79 Å². The van der Waals surface area contributed by atoms with Crippen LogP contribution in [0, 0.1) is 11.8 Å². The zero-order valence-corrected chi connectivity index (χ0v) is 11.6. The lowest BCUT2D eigenvalue weighted by Gasteiger charge is -2.16. The number of hydrazone groups is 1. The average molecular weight is 260 g/mol. The van der Waals surface area contributed by atoms with Gasteiger partial charge in [-0.1, -0.05) is 20.8 Å². The van der Waals surface area contributed by atoms with Crippen LogP contribution in [0.4, 0.5) is 0 Å². The van der Waals surface area contributed by atoms with Crippen LogP contribution in [0.1, 0.15) is 27.7 Å². The molecule has 98 valence electrons. The molecule has 0 saturated carbocycles. The Morgan fingerprint density at radius 2 is 2.00 bits per heavy atom. The van der Waals surface area contributed by atoms with E-state index in [1.165, 1.54) is 5.01 Å². The first kappa shape index (κ1) is 14.2. The molecule has 0 spiro atoms. The number of carbonyl (C=O) groups excluding carboxylic acids is 1. The lowest BCUT2D eigenvalue weighted by Crippen LogP contribution is -2.33. The highest BCUT2D eigenvalue weighted by molar-refractivity contribution is 7.91. The summed E-state index contributed by atoms with van der Waals surface area (Å²) in [5.41, 5.74) is 0.777. The summed E-state index contributed by atoms with van der Waals surface area (Å²) < 4.78 is 22.7. The molecular weight excluding hydrogens is 240 g/mol. The molecule has 1 unspecified atom stereocenters. The molecule has 1 heterocycles. The van der Waals surface area contributed by atoms with Gasteiger partial charge in [-0.25, -0.2) is 13.4 Å². The van der Waals surface area contributed by atoms with E-state index in [9.17, 15) is 13.2 Å². The first-order valence-electron chi connectivity index (χ1n) is 5.85. The van der Waals surface area contributed by atoms with Crippen LogP contribution < -0.4 is 0 Å². The van der Waals surface area contributed by atoms with Crippen molar-refractivity contribution in [2.24, 2.45) is 16.9 Å². The molecule has 1 amide bonds. The summed E-state index contributed by atoms with van der Waals surface area (Å²) in [7, 11) is -3.05. The maximum atomic E-state index is 12.0. The van der Waals surface area contributed by atoms with Crippen LogP contribution in [-0.4, -0.2) is 43.1 Å². The molecule has 0 bridgehead atoms. The average Bonchev–Trinajstić information content (AvgIpc) is 2.51. The monoisotopic (exact) mass is 260 g/mol. The van der Waals surface area contributed by atoms with Gasteiger partial charge >= 0.3 is 0 Å². The van der Waals surface area contributed by atoms with Crippen molar-refractivity contribution in [2.45, 2.75) is 27.7 Å². The van der Waals surface area contributed by atoms with Crippen molar-refractivity contribution in [3.63, 3.8) is 0 Å². The molecule has 1 aliphatic heterocycles. The fraction of sp³-hybridized carbons (Fsp3) is 0.818. The third-order valence-corrected chi connectivity index (χ3v) is 4.65. The Morgan fingerprint density at radius 1 is 1.41 bits per heavy atom. The number of sulfone groups is 1. The Hall–Kier alpha value is -0.910. The van der Waals surface area contributed by atoms with Gasteiger partial charge in [0, 0.05) is 11.5 Å². The Morgan fingerprint density at radius 3 is 2.41 bits per heavy atom. The largest absolute Gasteiger partial charge is 0.272 e. The highest BCUT2D eigenvalue weighted by Crippen LogP contribution is 2.22. The van der Waals surface area contributed by atoms with E-state index in [1.54, 1.807) is 6.92 Å².